The van der Waals surface area contributed by atoms with E-state index in [1.54, 1.807) is 11.3 Å². The Morgan fingerprint density at radius 2 is 2.39 bits per heavy atom. The minimum Gasteiger partial charge on any atom is -0.493 e. The summed E-state index contributed by atoms with van der Waals surface area (Å²) in [5, 5.41) is 3.47. The van der Waals surface area contributed by atoms with E-state index in [-0.39, 0.29) is 0 Å². The lowest BCUT2D eigenvalue weighted by Crippen LogP contribution is -2.25. The molecule has 0 aliphatic carbocycles. The number of hydrogen-bond acceptors (Lipinski definition) is 5. The summed E-state index contributed by atoms with van der Waals surface area (Å²) in [5.74, 6) is 0.934. The maximum absolute atomic E-state index is 5.88. The summed E-state index contributed by atoms with van der Waals surface area (Å²) in [6, 6.07) is 8.31. The molecule has 0 spiro atoms. The summed E-state index contributed by atoms with van der Waals surface area (Å²) in [7, 11) is 0. The predicted molar refractivity (Wildman–Crippen MR) is 93.2 cm³/mol. The summed E-state index contributed by atoms with van der Waals surface area (Å²) >= 11 is 1.70. The van der Waals surface area contributed by atoms with E-state index in [2.05, 4.69) is 28.5 Å². The van der Waals surface area contributed by atoms with Crippen LogP contribution in [0.2, 0.25) is 0 Å². The molecule has 0 radical (unpaired) electrons. The molecular weight excluding hydrogens is 308 g/mol. The highest BCUT2D eigenvalue weighted by Crippen LogP contribution is 2.16. The van der Waals surface area contributed by atoms with Crippen LogP contribution in [0.1, 0.15) is 29.0 Å². The third-order valence-electron chi connectivity index (χ3n) is 4.07. The van der Waals surface area contributed by atoms with Gasteiger partial charge in [-0.15, -0.1) is 11.3 Å². The molecular formula is C18H24N2O2S. The van der Waals surface area contributed by atoms with Crippen molar-refractivity contribution in [2.75, 3.05) is 19.8 Å². The molecule has 5 heteroatoms. The smallest absolute Gasteiger partial charge is 0.119 e. The topological polar surface area (TPSA) is 43.4 Å². The maximum atomic E-state index is 5.88. The number of aryl methyl sites for hydroxylation is 1. The highest BCUT2D eigenvalue weighted by Gasteiger charge is 2.14. The van der Waals surface area contributed by atoms with Gasteiger partial charge in [0.1, 0.15) is 5.75 Å². The Morgan fingerprint density at radius 3 is 3.17 bits per heavy atom. The van der Waals surface area contributed by atoms with Gasteiger partial charge in [0, 0.05) is 31.0 Å². The molecule has 1 atom stereocenters. The van der Waals surface area contributed by atoms with Crippen molar-refractivity contribution < 1.29 is 9.47 Å². The molecule has 23 heavy (non-hydrogen) atoms. The van der Waals surface area contributed by atoms with Gasteiger partial charge in [-0.3, -0.25) is 0 Å². The molecule has 1 aromatic carbocycles. The second-order valence-electron chi connectivity index (χ2n) is 5.87. The van der Waals surface area contributed by atoms with Crippen molar-refractivity contribution >= 4 is 11.3 Å². The van der Waals surface area contributed by atoms with Gasteiger partial charge in [-0.25, -0.2) is 4.98 Å². The largest absolute Gasteiger partial charge is 0.493 e. The molecule has 0 amide bonds. The second-order valence-corrected chi connectivity index (χ2v) is 6.81. The zero-order valence-electron chi connectivity index (χ0n) is 13.6. The molecule has 1 aliphatic heterocycles. The molecule has 124 valence electrons. The molecule has 1 aliphatic rings. The molecule has 3 rings (SSSR count). The number of rotatable bonds is 8. The fourth-order valence-electron chi connectivity index (χ4n) is 2.76. The van der Waals surface area contributed by atoms with Crippen molar-refractivity contribution in [1.82, 2.24) is 10.3 Å². The number of nitrogens with zero attached hydrogens (tertiary/aromatic N) is 1. The van der Waals surface area contributed by atoms with Crippen LogP contribution < -0.4 is 10.1 Å². The van der Waals surface area contributed by atoms with Gasteiger partial charge in [-0.2, -0.15) is 0 Å². The summed E-state index contributed by atoms with van der Waals surface area (Å²) in [4.78, 5) is 5.57. The quantitative estimate of drug-likeness (QED) is 0.805. The van der Waals surface area contributed by atoms with Gasteiger partial charge in [0.05, 0.1) is 23.9 Å². The van der Waals surface area contributed by atoms with Gasteiger partial charge in [-0.05, 0) is 37.5 Å². The van der Waals surface area contributed by atoms with Crippen LogP contribution in [0.3, 0.4) is 0 Å². The lowest BCUT2D eigenvalue weighted by atomic mass is 10.2. The molecule has 1 N–H and O–H groups in total. The second kappa shape index (κ2) is 8.43. The molecule has 4 nitrogen and oxygen atoms in total. The van der Waals surface area contributed by atoms with Crippen LogP contribution in [-0.2, 0) is 17.7 Å². The summed E-state index contributed by atoms with van der Waals surface area (Å²) in [5.41, 5.74) is 4.26. The minimum absolute atomic E-state index is 0.386. The number of ether oxygens (including phenoxy) is 2. The SMILES string of the molecule is Cc1ncsc1CCOc1cccc(CNCC2CCCO2)c1. The van der Waals surface area contributed by atoms with Crippen molar-refractivity contribution in [1.29, 1.82) is 0 Å². The van der Waals surface area contributed by atoms with Crippen molar-refractivity contribution in [3.63, 3.8) is 0 Å². The third kappa shape index (κ3) is 5.03. The van der Waals surface area contributed by atoms with Crippen LogP contribution >= 0.6 is 11.3 Å². The molecule has 1 fully saturated rings. The average molecular weight is 332 g/mol. The number of hydrogen-bond donors (Lipinski definition) is 1. The molecule has 0 saturated carbocycles. The van der Waals surface area contributed by atoms with Crippen molar-refractivity contribution in [3.05, 3.63) is 45.9 Å². The molecule has 2 heterocycles. The van der Waals surface area contributed by atoms with E-state index >= 15 is 0 Å². The Morgan fingerprint density at radius 1 is 1.43 bits per heavy atom. The number of benzene rings is 1. The lowest BCUT2D eigenvalue weighted by molar-refractivity contribution is 0.110. The number of aromatic nitrogens is 1. The minimum atomic E-state index is 0.386. The molecule has 2 aromatic rings. The summed E-state index contributed by atoms with van der Waals surface area (Å²) < 4.78 is 11.5. The van der Waals surface area contributed by atoms with E-state index in [1.165, 1.54) is 23.3 Å². The van der Waals surface area contributed by atoms with Crippen LogP contribution in [0.25, 0.3) is 0 Å². The Kier molecular flexibility index (Phi) is 6.02. The van der Waals surface area contributed by atoms with E-state index in [0.29, 0.717) is 12.7 Å². The Hall–Kier alpha value is -1.43. The zero-order valence-corrected chi connectivity index (χ0v) is 14.4. The average Bonchev–Trinajstić information content (AvgIpc) is 3.20. The van der Waals surface area contributed by atoms with E-state index in [4.69, 9.17) is 9.47 Å². The van der Waals surface area contributed by atoms with Crippen LogP contribution in [0.15, 0.2) is 29.8 Å². The van der Waals surface area contributed by atoms with Gasteiger partial charge in [0.15, 0.2) is 0 Å². The normalized spacial score (nSPS) is 17.5. The predicted octanol–water partition coefficient (Wildman–Crippen LogP) is 3.34. The van der Waals surface area contributed by atoms with Crippen LogP contribution in [-0.4, -0.2) is 30.8 Å². The first-order valence-corrected chi connectivity index (χ1v) is 9.12. The van der Waals surface area contributed by atoms with E-state index in [9.17, 15) is 0 Å². The third-order valence-corrected chi connectivity index (χ3v) is 5.06. The van der Waals surface area contributed by atoms with Crippen molar-refractivity contribution in [2.45, 2.75) is 38.8 Å². The van der Waals surface area contributed by atoms with Crippen LogP contribution in [0.4, 0.5) is 0 Å². The fraction of sp³-hybridized carbons (Fsp3) is 0.500. The van der Waals surface area contributed by atoms with Gasteiger partial charge in [-0.1, -0.05) is 12.1 Å². The maximum Gasteiger partial charge on any atom is 0.119 e. The van der Waals surface area contributed by atoms with Crippen LogP contribution in [0, 0.1) is 6.92 Å². The monoisotopic (exact) mass is 332 g/mol. The molecule has 1 aromatic heterocycles. The van der Waals surface area contributed by atoms with E-state index in [1.807, 2.05) is 18.5 Å². The Labute approximate surface area is 141 Å². The zero-order chi connectivity index (χ0) is 15.9. The molecule has 0 bridgehead atoms. The number of nitrogens with one attached hydrogen (secondary N) is 1. The van der Waals surface area contributed by atoms with Gasteiger partial charge >= 0.3 is 0 Å². The lowest BCUT2D eigenvalue weighted by Gasteiger charge is -2.12. The summed E-state index contributed by atoms with van der Waals surface area (Å²) in [6.07, 6.45) is 3.66. The highest BCUT2D eigenvalue weighted by atomic mass is 32.1. The standard InChI is InChI=1S/C18H24N2O2S/c1-14-18(23-13-20-14)7-9-22-16-5-2-4-15(10-16)11-19-12-17-6-3-8-21-17/h2,4-5,10,13,17,19H,3,6-9,11-12H2,1H3. The highest BCUT2D eigenvalue weighted by molar-refractivity contribution is 7.09. The Bertz CT molecular complexity index is 609. The molecule has 1 saturated heterocycles. The van der Waals surface area contributed by atoms with E-state index in [0.717, 1.165) is 37.6 Å². The van der Waals surface area contributed by atoms with Crippen molar-refractivity contribution in [3.8, 4) is 5.75 Å². The van der Waals surface area contributed by atoms with E-state index < -0.39 is 0 Å². The first-order chi connectivity index (χ1) is 11.3. The summed E-state index contributed by atoms with van der Waals surface area (Å²) in [6.45, 7) is 5.43. The van der Waals surface area contributed by atoms with Crippen LogP contribution in [0.5, 0.6) is 5.75 Å². The van der Waals surface area contributed by atoms with Gasteiger partial charge < -0.3 is 14.8 Å². The van der Waals surface area contributed by atoms with Gasteiger partial charge in [0.2, 0.25) is 0 Å². The molecule has 1 unspecified atom stereocenters. The Balaban J connectivity index is 1.42. The first-order valence-electron chi connectivity index (χ1n) is 8.24. The van der Waals surface area contributed by atoms with Gasteiger partial charge in [0.25, 0.3) is 0 Å². The van der Waals surface area contributed by atoms with Crippen molar-refractivity contribution in [2.24, 2.45) is 0 Å². The first kappa shape index (κ1) is 16.4. The fourth-order valence-corrected chi connectivity index (χ4v) is 3.52. The number of thiazole rings is 1.